The van der Waals surface area contributed by atoms with Crippen molar-refractivity contribution < 1.29 is 9.90 Å². The number of para-hydroxylation sites is 2. The van der Waals surface area contributed by atoms with Crippen molar-refractivity contribution in [2.45, 2.75) is 38.8 Å². The number of anilines is 2. The summed E-state index contributed by atoms with van der Waals surface area (Å²) in [5.74, 6) is 0.0733. The van der Waals surface area contributed by atoms with Gasteiger partial charge < -0.3 is 14.9 Å². The lowest BCUT2D eigenvalue weighted by Crippen LogP contribution is -2.48. The molecular weight excluding hydrogens is 312 g/mol. The van der Waals surface area contributed by atoms with Crippen molar-refractivity contribution in [3.63, 3.8) is 0 Å². The molecule has 0 spiro atoms. The predicted octanol–water partition coefficient (Wildman–Crippen LogP) is 3.24. The second-order valence-electron chi connectivity index (χ2n) is 6.85. The highest BCUT2D eigenvalue weighted by Crippen LogP contribution is 2.30. The van der Waals surface area contributed by atoms with Crippen molar-refractivity contribution in [2.24, 2.45) is 0 Å². The molecule has 3 rings (SSSR count). The molecule has 1 amide bonds. The van der Waals surface area contributed by atoms with Gasteiger partial charge in [-0.2, -0.15) is 0 Å². The quantitative estimate of drug-likeness (QED) is 0.910. The molecule has 0 aromatic heterocycles. The second-order valence-corrected chi connectivity index (χ2v) is 6.85. The minimum Gasteiger partial charge on any atom is -0.392 e. The highest BCUT2D eigenvalue weighted by Gasteiger charge is 2.29. The average molecular weight is 338 g/mol. The molecule has 0 aliphatic carbocycles. The van der Waals surface area contributed by atoms with Crippen LogP contribution in [0, 0.1) is 0 Å². The van der Waals surface area contributed by atoms with Gasteiger partial charge in [-0.05, 0) is 50.5 Å². The summed E-state index contributed by atoms with van der Waals surface area (Å²) in [6.07, 6.45) is 1.49. The van der Waals surface area contributed by atoms with Gasteiger partial charge in [0.2, 0.25) is 5.91 Å². The topological polar surface area (TPSA) is 43.8 Å². The van der Waals surface area contributed by atoms with E-state index in [0.29, 0.717) is 6.54 Å². The SMILES string of the molecule is C[C@H](O)CN(CC(=O)N1c2ccccc2CC[C@@H]1C)c1ccccc1. The van der Waals surface area contributed by atoms with Crippen molar-refractivity contribution >= 4 is 17.3 Å². The maximum atomic E-state index is 13.1. The number of aliphatic hydroxyl groups excluding tert-OH is 1. The summed E-state index contributed by atoms with van der Waals surface area (Å²) >= 11 is 0. The number of benzene rings is 2. The molecule has 2 aromatic rings. The van der Waals surface area contributed by atoms with Gasteiger partial charge >= 0.3 is 0 Å². The van der Waals surface area contributed by atoms with E-state index in [1.807, 2.05) is 58.3 Å². The number of fused-ring (bicyclic) bond motifs is 1. The highest BCUT2D eigenvalue weighted by molar-refractivity contribution is 5.98. The Morgan fingerprint density at radius 3 is 2.60 bits per heavy atom. The smallest absolute Gasteiger partial charge is 0.246 e. The summed E-state index contributed by atoms with van der Waals surface area (Å²) < 4.78 is 0. The summed E-state index contributed by atoms with van der Waals surface area (Å²) in [6, 6.07) is 18.1. The number of carbonyl (C=O) groups is 1. The third kappa shape index (κ3) is 4.02. The minimum absolute atomic E-state index is 0.0733. The lowest BCUT2D eigenvalue weighted by molar-refractivity contribution is -0.117. The van der Waals surface area contributed by atoms with Crippen LogP contribution in [0.2, 0.25) is 0 Å². The van der Waals surface area contributed by atoms with E-state index in [2.05, 4.69) is 13.0 Å². The van der Waals surface area contributed by atoms with E-state index in [0.717, 1.165) is 24.2 Å². The standard InChI is InChI=1S/C21H26N2O2/c1-16-12-13-18-8-6-7-11-20(18)23(16)21(25)15-22(14-17(2)24)19-9-4-3-5-10-19/h3-11,16-17,24H,12-15H2,1-2H3/t16-,17-/m0/s1. The fourth-order valence-corrected chi connectivity index (χ4v) is 3.53. The van der Waals surface area contributed by atoms with Crippen LogP contribution in [0.1, 0.15) is 25.8 Å². The van der Waals surface area contributed by atoms with E-state index >= 15 is 0 Å². The van der Waals surface area contributed by atoms with Crippen LogP contribution < -0.4 is 9.80 Å². The first-order valence-corrected chi connectivity index (χ1v) is 8.94. The first-order chi connectivity index (χ1) is 12.1. The number of rotatable bonds is 5. The molecule has 4 nitrogen and oxygen atoms in total. The number of hydrogen-bond donors (Lipinski definition) is 1. The van der Waals surface area contributed by atoms with Gasteiger partial charge in [0.15, 0.2) is 0 Å². The zero-order chi connectivity index (χ0) is 17.8. The van der Waals surface area contributed by atoms with E-state index < -0.39 is 6.10 Å². The molecular formula is C21H26N2O2. The Morgan fingerprint density at radius 1 is 1.20 bits per heavy atom. The monoisotopic (exact) mass is 338 g/mol. The van der Waals surface area contributed by atoms with Crippen LogP contribution in [0.25, 0.3) is 0 Å². The molecule has 0 bridgehead atoms. The molecule has 2 atom stereocenters. The molecule has 1 aliphatic heterocycles. The van der Waals surface area contributed by atoms with Gasteiger partial charge in [0.1, 0.15) is 0 Å². The van der Waals surface area contributed by atoms with Crippen LogP contribution in [0.5, 0.6) is 0 Å². The Kier molecular flexibility index (Phi) is 5.39. The number of hydrogen-bond acceptors (Lipinski definition) is 3. The Morgan fingerprint density at radius 2 is 1.88 bits per heavy atom. The fourth-order valence-electron chi connectivity index (χ4n) is 3.53. The zero-order valence-corrected chi connectivity index (χ0v) is 14.9. The van der Waals surface area contributed by atoms with Gasteiger partial charge in [-0.1, -0.05) is 36.4 Å². The second kappa shape index (κ2) is 7.70. The van der Waals surface area contributed by atoms with E-state index in [-0.39, 0.29) is 18.5 Å². The molecule has 25 heavy (non-hydrogen) atoms. The van der Waals surface area contributed by atoms with Gasteiger partial charge in [0.05, 0.1) is 12.6 Å². The number of amides is 1. The van der Waals surface area contributed by atoms with E-state index in [1.165, 1.54) is 5.56 Å². The third-order valence-electron chi connectivity index (χ3n) is 4.72. The molecule has 0 fully saturated rings. The summed E-state index contributed by atoms with van der Waals surface area (Å²) in [7, 11) is 0. The largest absolute Gasteiger partial charge is 0.392 e. The van der Waals surface area contributed by atoms with E-state index in [1.54, 1.807) is 6.92 Å². The molecule has 1 N–H and O–H groups in total. The number of nitrogens with zero attached hydrogens (tertiary/aromatic N) is 2. The molecule has 0 saturated heterocycles. The predicted molar refractivity (Wildman–Crippen MR) is 102 cm³/mol. The van der Waals surface area contributed by atoms with E-state index in [4.69, 9.17) is 0 Å². The first kappa shape index (κ1) is 17.5. The fraction of sp³-hybridized carbons (Fsp3) is 0.381. The van der Waals surface area contributed by atoms with Gasteiger partial charge in [-0.25, -0.2) is 0 Å². The van der Waals surface area contributed by atoms with Crippen LogP contribution in [0.3, 0.4) is 0 Å². The highest BCUT2D eigenvalue weighted by atomic mass is 16.3. The van der Waals surface area contributed by atoms with Crippen molar-refractivity contribution in [1.82, 2.24) is 0 Å². The molecule has 1 heterocycles. The van der Waals surface area contributed by atoms with Gasteiger partial charge in [0, 0.05) is 24.0 Å². The Balaban J connectivity index is 1.84. The summed E-state index contributed by atoms with van der Waals surface area (Å²) in [4.78, 5) is 17.0. The van der Waals surface area contributed by atoms with Gasteiger partial charge in [-0.3, -0.25) is 4.79 Å². The van der Waals surface area contributed by atoms with Crippen LogP contribution in [-0.4, -0.2) is 36.2 Å². The van der Waals surface area contributed by atoms with Gasteiger partial charge in [-0.15, -0.1) is 0 Å². The maximum absolute atomic E-state index is 13.1. The molecule has 0 unspecified atom stereocenters. The maximum Gasteiger partial charge on any atom is 0.246 e. The Hall–Kier alpha value is -2.33. The molecule has 4 heteroatoms. The van der Waals surface area contributed by atoms with Crippen LogP contribution in [0.4, 0.5) is 11.4 Å². The third-order valence-corrected chi connectivity index (χ3v) is 4.72. The van der Waals surface area contributed by atoms with Gasteiger partial charge in [0.25, 0.3) is 0 Å². The summed E-state index contributed by atoms with van der Waals surface area (Å²) in [6.45, 7) is 4.54. The number of aryl methyl sites for hydroxylation is 1. The normalized spacial score (nSPS) is 17.7. The minimum atomic E-state index is -0.501. The van der Waals surface area contributed by atoms with E-state index in [9.17, 15) is 9.90 Å². The molecule has 1 aliphatic rings. The molecule has 2 aromatic carbocycles. The lowest BCUT2D eigenvalue weighted by atomic mass is 9.96. The van der Waals surface area contributed by atoms with Crippen molar-refractivity contribution in [3.05, 3.63) is 60.2 Å². The van der Waals surface area contributed by atoms with Crippen LogP contribution >= 0.6 is 0 Å². The zero-order valence-electron chi connectivity index (χ0n) is 14.9. The summed E-state index contributed by atoms with van der Waals surface area (Å²) in [5, 5.41) is 9.85. The lowest BCUT2D eigenvalue weighted by Gasteiger charge is -2.37. The summed E-state index contributed by atoms with van der Waals surface area (Å²) in [5.41, 5.74) is 3.21. The first-order valence-electron chi connectivity index (χ1n) is 8.94. The van der Waals surface area contributed by atoms with Crippen LogP contribution in [0.15, 0.2) is 54.6 Å². The molecule has 132 valence electrons. The van der Waals surface area contributed by atoms with Crippen molar-refractivity contribution in [2.75, 3.05) is 22.9 Å². The van der Waals surface area contributed by atoms with Crippen molar-refractivity contribution in [3.8, 4) is 0 Å². The molecule has 0 saturated carbocycles. The average Bonchev–Trinajstić information content (AvgIpc) is 2.61. The Bertz CT molecular complexity index is 715. The van der Waals surface area contributed by atoms with Crippen LogP contribution in [-0.2, 0) is 11.2 Å². The number of aliphatic hydroxyl groups is 1. The number of carbonyl (C=O) groups excluding carboxylic acids is 1. The Labute approximate surface area is 149 Å². The van der Waals surface area contributed by atoms with Crippen molar-refractivity contribution in [1.29, 1.82) is 0 Å². The molecule has 0 radical (unpaired) electrons.